The fourth-order valence-corrected chi connectivity index (χ4v) is 2.24. The van der Waals surface area contributed by atoms with E-state index in [-0.39, 0.29) is 5.82 Å². The first-order valence-electron chi connectivity index (χ1n) is 6.50. The van der Waals surface area contributed by atoms with Gasteiger partial charge in [0.2, 0.25) is 0 Å². The van der Waals surface area contributed by atoms with Crippen molar-refractivity contribution in [1.82, 2.24) is 15.0 Å². The van der Waals surface area contributed by atoms with Crippen LogP contribution in [0.5, 0.6) is 0 Å². The summed E-state index contributed by atoms with van der Waals surface area (Å²) in [6, 6.07) is 6.72. The van der Waals surface area contributed by atoms with Gasteiger partial charge in [0, 0.05) is 35.4 Å². The molecule has 0 fully saturated rings. The number of hydrogen-bond acceptors (Lipinski definition) is 3. The van der Waals surface area contributed by atoms with Gasteiger partial charge < -0.3 is 10.3 Å². The van der Waals surface area contributed by atoms with E-state index < -0.39 is 0 Å². The summed E-state index contributed by atoms with van der Waals surface area (Å²) >= 11 is 0. The molecule has 2 N–H and O–H groups in total. The molecule has 2 aromatic heterocycles. The first-order chi connectivity index (χ1) is 9.72. The third-order valence-corrected chi connectivity index (χ3v) is 3.23. The highest BCUT2D eigenvalue weighted by Crippen LogP contribution is 2.19. The average molecular weight is 270 g/mol. The Morgan fingerprint density at radius 1 is 1.25 bits per heavy atom. The van der Waals surface area contributed by atoms with E-state index in [0.29, 0.717) is 0 Å². The minimum atomic E-state index is -0.222. The highest BCUT2D eigenvalue weighted by molar-refractivity contribution is 5.83. The zero-order valence-electron chi connectivity index (χ0n) is 11.2. The summed E-state index contributed by atoms with van der Waals surface area (Å²) < 4.78 is 13.1. The molecule has 0 radical (unpaired) electrons. The quantitative estimate of drug-likeness (QED) is 0.766. The van der Waals surface area contributed by atoms with E-state index >= 15 is 0 Å². The van der Waals surface area contributed by atoms with Crippen LogP contribution in [-0.4, -0.2) is 21.5 Å². The number of nitrogens with one attached hydrogen (secondary N) is 2. The number of H-pyrrole nitrogens is 1. The molecule has 0 unspecified atom stereocenters. The van der Waals surface area contributed by atoms with E-state index in [1.807, 2.05) is 25.3 Å². The smallest absolute Gasteiger partial charge is 0.129 e. The number of anilines is 1. The summed E-state index contributed by atoms with van der Waals surface area (Å²) in [6.45, 7) is 2.70. The van der Waals surface area contributed by atoms with Crippen molar-refractivity contribution in [2.24, 2.45) is 0 Å². The van der Waals surface area contributed by atoms with Crippen LogP contribution in [0.25, 0.3) is 10.9 Å². The van der Waals surface area contributed by atoms with E-state index in [9.17, 15) is 4.39 Å². The summed E-state index contributed by atoms with van der Waals surface area (Å²) in [4.78, 5) is 11.3. The Hall–Kier alpha value is -2.43. The van der Waals surface area contributed by atoms with E-state index in [1.165, 1.54) is 17.7 Å². The molecule has 102 valence electrons. The molecule has 1 aromatic carbocycles. The Kier molecular flexibility index (Phi) is 3.33. The Morgan fingerprint density at radius 3 is 3.00 bits per heavy atom. The first kappa shape index (κ1) is 12.6. The number of aromatic amines is 1. The predicted molar refractivity (Wildman–Crippen MR) is 77.2 cm³/mol. The highest BCUT2D eigenvalue weighted by atomic mass is 19.1. The van der Waals surface area contributed by atoms with Crippen molar-refractivity contribution >= 4 is 16.7 Å². The highest BCUT2D eigenvalue weighted by Gasteiger charge is 2.04. The van der Waals surface area contributed by atoms with Crippen LogP contribution in [0.15, 0.2) is 36.8 Å². The van der Waals surface area contributed by atoms with E-state index in [1.54, 1.807) is 6.33 Å². The van der Waals surface area contributed by atoms with Gasteiger partial charge in [-0.1, -0.05) is 0 Å². The van der Waals surface area contributed by atoms with Crippen LogP contribution in [0.1, 0.15) is 11.3 Å². The summed E-state index contributed by atoms with van der Waals surface area (Å²) in [7, 11) is 0. The third-order valence-electron chi connectivity index (χ3n) is 3.23. The van der Waals surface area contributed by atoms with Crippen molar-refractivity contribution in [2.45, 2.75) is 13.3 Å². The topological polar surface area (TPSA) is 53.6 Å². The molecule has 3 aromatic rings. The molecule has 3 rings (SSSR count). The van der Waals surface area contributed by atoms with Crippen LogP contribution in [0, 0.1) is 12.7 Å². The number of benzene rings is 1. The van der Waals surface area contributed by atoms with Gasteiger partial charge in [0.05, 0.1) is 0 Å². The standard InChI is InChI=1S/C15H15FN4/c1-10-6-15(20-9-19-10)17-5-4-11-8-18-14-7-12(16)2-3-13(11)14/h2-3,6-9,18H,4-5H2,1H3,(H,17,19,20). The number of hydrogen-bond donors (Lipinski definition) is 2. The van der Waals surface area contributed by atoms with Gasteiger partial charge in [-0.15, -0.1) is 0 Å². The lowest BCUT2D eigenvalue weighted by Crippen LogP contribution is -2.06. The maximum atomic E-state index is 13.1. The first-order valence-corrected chi connectivity index (χ1v) is 6.50. The van der Waals surface area contributed by atoms with Crippen molar-refractivity contribution < 1.29 is 4.39 Å². The van der Waals surface area contributed by atoms with Gasteiger partial charge in [0.15, 0.2) is 0 Å². The number of rotatable bonds is 4. The molecular weight excluding hydrogens is 255 g/mol. The lowest BCUT2D eigenvalue weighted by molar-refractivity contribution is 0.629. The zero-order chi connectivity index (χ0) is 13.9. The molecule has 0 atom stereocenters. The minimum Gasteiger partial charge on any atom is -0.370 e. The van der Waals surface area contributed by atoms with Crippen molar-refractivity contribution in [1.29, 1.82) is 0 Å². The number of aryl methyl sites for hydroxylation is 1. The fraction of sp³-hybridized carbons (Fsp3) is 0.200. The van der Waals surface area contributed by atoms with Gasteiger partial charge in [0.1, 0.15) is 18.0 Å². The summed E-state index contributed by atoms with van der Waals surface area (Å²) in [5.41, 5.74) is 2.93. The van der Waals surface area contributed by atoms with Crippen LogP contribution in [0.2, 0.25) is 0 Å². The third kappa shape index (κ3) is 2.61. The van der Waals surface area contributed by atoms with Gasteiger partial charge in [-0.05, 0) is 37.1 Å². The molecule has 0 spiro atoms. The molecule has 0 aliphatic heterocycles. The van der Waals surface area contributed by atoms with Crippen LogP contribution >= 0.6 is 0 Å². The van der Waals surface area contributed by atoms with Crippen LogP contribution in [-0.2, 0) is 6.42 Å². The average Bonchev–Trinajstić information content (AvgIpc) is 2.81. The molecule has 2 heterocycles. The molecule has 20 heavy (non-hydrogen) atoms. The molecule has 5 heteroatoms. The zero-order valence-corrected chi connectivity index (χ0v) is 11.2. The van der Waals surface area contributed by atoms with E-state index in [4.69, 9.17) is 0 Å². The second-order valence-corrected chi connectivity index (χ2v) is 4.73. The van der Waals surface area contributed by atoms with Crippen molar-refractivity contribution in [2.75, 3.05) is 11.9 Å². The predicted octanol–water partition coefficient (Wildman–Crippen LogP) is 3.06. The molecule has 0 bridgehead atoms. The molecule has 0 aliphatic rings. The van der Waals surface area contributed by atoms with Crippen LogP contribution in [0.3, 0.4) is 0 Å². The minimum absolute atomic E-state index is 0.222. The molecule has 0 saturated carbocycles. The summed E-state index contributed by atoms with van der Waals surface area (Å²) in [5, 5.41) is 4.32. The summed E-state index contributed by atoms with van der Waals surface area (Å²) in [5.74, 6) is 0.601. The Balaban J connectivity index is 1.68. The largest absolute Gasteiger partial charge is 0.370 e. The van der Waals surface area contributed by atoms with Gasteiger partial charge >= 0.3 is 0 Å². The Labute approximate surface area is 116 Å². The molecule has 4 nitrogen and oxygen atoms in total. The number of halogens is 1. The Bertz CT molecular complexity index is 736. The van der Waals surface area contributed by atoms with Gasteiger partial charge in [-0.3, -0.25) is 0 Å². The van der Waals surface area contributed by atoms with E-state index in [2.05, 4.69) is 20.3 Å². The fourth-order valence-electron chi connectivity index (χ4n) is 2.24. The lowest BCUT2D eigenvalue weighted by atomic mass is 10.1. The summed E-state index contributed by atoms with van der Waals surface area (Å²) in [6.07, 6.45) is 4.32. The van der Waals surface area contributed by atoms with Gasteiger partial charge in [0.25, 0.3) is 0 Å². The van der Waals surface area contributed by atoms with Gasteiger partial charge in [-0.25, -0.2) is 14.4 Å². The maximum absolute atomic E-state index is 13.1. The van der Waals surface area contributed by atoms with Gasteiger partial charge in [-0.2, -0.15) is 0 Å². The van der Waals surface area contributed by atoms with Crippen molar-refractivity contribution in [3.8, 4) is 0 Å². The monoisotopic (exact) mass is 270 g/mol. The van der Waals surface area contributed by atoms with Crippen molar-refractivity contribution in [3.63, 3.8) is 0 Å². The number of fused-ring (bicyclic) bond motifs is 1. The maximum Gasteiger partial charge on any atom is 0.129 e. The SMILES string of the molecule is Cc1cc(NCCc2c[nH]c3cc(F)ccc23)ncn1. The molecule has 0 amide bonds. The normalized spacial score (nSPS) is 10.9. The molecular formula is C15H15FN4. The second-order valence-electron chi connectivity index (χ2n) is 4.73. The second kappa shape index (κ2) is 5.28. The number of aromatic nitrogens is 3. The number of nitrogens with zero attached hydrogens (tertiary/aromatic N) is 2. The van der Waals surface area contributed by atoms with Crippen LogP contribution in [0.4, 0.5) is 10.2 Å². The van der Waals surface area contributed by atoms with Crippen molar-refractivity contribution in [3.05, 3.63) is 53.9 Å². The Morgan fingerprint density at radius 2 is 2.15 bits per heavy atom. The van der Waals surface area contributed by atoms with Crippen LogP contribution < -0.4 is 5.32 Å². The molecule has 0 saturated heterocycles. The molecule has 0 aliphatic carbocycles. The lowest BCUT2D eigenvalue weighted by Gasteiger charge is -2.05. The van der Waals surface area contributed by atoms with E-state index in [0.717, 1.165) is 35.4 Å².